The lowest BCUT2D eigenvalue weighted by Crippen LogP contribution is -1.87. The Morgan fingerprint density at radius 2 is 2.00 bits per heavy atom. The third-order valence-electron chi connectivity index (χ3n) is 1.56. The van der Waals surface area contributed by atoms with Gasteiger partial charge in [-0.15, -0.1) is 0 Å². The molecule has 0 amide bonds. The van der Waals surface area contributed by atoms with E-state index in [0.29, 0.717) is 11.1 Å². The van der Waals surface area contributed by atoms with E-state index in [1.165, 1.54) is 0 Å². The number of aromatic nitrogens is 1. The summed E-state index contributed by atoms with van der Waals surface area (Å²) in [6.07, 6.45) is 1.81. The molecule has 0 aliphatic carbocycles. The van der Waals surface area contributed by atoms with Crippen molar-refractivity contribution in [2.24, 2.45) is 7.05 Å². The molecule has 0 aliphatic heterocycles. The highest BCUT2D eigenvalue weighted by Gasteiger charge is 2.00. The predicted molar refractivity (Wildman–Crippen MR) is 37.0 cm³/mol. The van der Waals surface area contributed by atoms with Crippen LogP contribution in [0.5, 0.6) is 0 Å². The topological polar surface area (TPSA) is 4.93 Å². The van der Waals surface area contributed by atoms with Gasteiger partial charge in [-0.2, -0.15) is 0 Å². The molecule has 46 valence electrons. The molecule has 0 aliphatic rings. The van der Waals surface area contributed by atoms with E-state index >= 15 is 0 Å². The molecule has 0 aromatic carbocycles. The highest BCUT2D eigenvalue weighted by Crippen LogP contribution is 2.11. The first kappa shape index (κ1) is 6.40. The fraction of sp³-hybridized carbons (Fsp3) is 0.250. The third kappa shape index (κ3) is 0.869. The van der Waals surface area contributed by atoms with Crippen LogP contribution in [0.4, 0.5) is 0 Å². The van der Waals surface area contributed by atoms with Crippen molar-refractivity contribution in [2.45, 2.75) is 6.92 Å². The van der Waals surface area contributed by atoms with E-state index in [2.05, 4.69) is 0 Å². The molecule has 0 spiro atoms. The van der Waals surface area contributed by atoms with Gasteiger partial charge >= 0.3 is 0 Å². The number of nitrogens with zero attached hydrogens (tertiary/aromatic N) is 1. The summed E-state index contributed by atoms with van der Waals surface area (Å²) in [5, 5.41) is 0. The molecule has 1 aromatic heterocycles. The number of hydrogen-bond acceptors (Lipinski definition) is 0. The zero-order valence-corrected chi connectivity index (χ0v) is 5.68. The fourth-order valence-corrected chi connectivity index (χ4v) is 0.774. The van der Waals surface area contributed by atoms with Gasteiger partial charge in [0.1, 0.15) is 0 Å². The highest BCUT2D eigenvalue weighted by molar-refractivity contribution is 5.35. The van der Waals surface area contributed by atoms with Gasteiger partial charge in [-0.05, 0) is 18.1 Å². The Bertz CT molecular complexity index is 198. The largest absolute Gasteiger partial charge is 0.354 e. The van der Waals surface area contributed by atoms with Crippen LogP contribution in [0.15, 0.2) is 6.20 Å². The molecule has 0 atom stereocenters. The number of hydrogen-bond donors (Lipinski definition) is 0. The molecule has 0 N–H and O–H groups in total. The maximum absolute atomic E-state index is 5.56. The van der Waals surface area contributed by atoms with Crippen LogP contribution in [0.1, 0.15) is 16.8 Å². The van der Waals surface area contributed by atoms with Crippen molar-refractivity contribution in [3.63, 3.8) is 0 Å². The molecule has 0 unspecified atom stereocenters. The zero-order chi connectivity index (χ0) is 7.02. The molecule has 9 heavy (non-hydrogen) atoms. The van der Waals surface area contributed by atoms with Crippen LogP contribution in [0.25, 0.3) is 0 Å². The monoisotopic (exact) mass is 119 g/mol. The summed E-state index contributed by atoms with van der Waals surface area (Å²) >= 11 is 0. The molecule has 1 nitrogen and oxygen atoms in total. The first-order valence-corrected chi connectivity index (χ1v) is 2.80. The van der Waals surface area contributed by atoms with Gasteiger partial charge in [0, 0.05) is 32.8 Å². The smallest absolute Gasteiger partial charge is 0.0179 e. The maximum Gasteiger partial charge on any atom is 0.0179 e. The average Bonchev–Trinajstić information content (AvgIpc) is 1.98. The minimum atomic E-state index is 0.662. The lowest BCUT2D eigenvalue weighted by molar-refractivity contribution is 0.879. The molecule has 0 saturated heterocycles. The van der Waals surface area contributed by atoms with Crippen molar-refractivity contribution in [2.75, 3.05) is 0 Å². The SMILES string of the molecule is [CH]c1cn(C)c(C)c1[CH]. The van der Waals surface area contributed by atoms with Crippen LogP contribution in [-0.4, -0.2) is 4.57 Å². The van der Waals surface area contributed by atoms with Gasteiger partial charge in [0.05, 0.1) is 0 Å². The molecule has 1 heteroatoms. The second-order valence-electron chi connectivity index (χ2n) is 2.19. The van der Waals surface area contributed by atoms with E-state index < -0.39 is 0 Å². The van der Waals surface area contributed by atoms with Gasteiger partial charge in [0.2, 0.25) is 0 Å². The minimum absolute atomic E-state index is 0.662. The van der Waals surface area contributed by atoms with E-state index in [0.717, 1.165) is 5.69 Å². The van der Waals surface area contributed by atoms with Crippen LogP contribution < -0.4 is 0 Å². The fourth-order valence-electron chi connectivity index (χ4n) is 0.774. The molecule has 0 bridgehead atoms. The zero-order valence-electron chi connectivity index (χ0n) is 5.68. The van der Waals surface area contributed by atoms with E-state index in [-0.39, 0.29) is 0 Å². The van der Waals surface area contributed by atoms with E-state index in [1.54, 1.807) is 0 Å². The lowest BCUT2D eigenvalue weighted by atomic mass is 10.2. The second-order valence-corrected chi connectivity index (χ2v) is 2.19. The molecule has 1 heterocycles. The van der Waals surface area contributed by atoms with Crippen LogP contribution >= 0.6 is 0 Å². The van der Waals surface area contributed by atoms with Crippen molar-refractivity contribution in [1.29, 1.82) is 0 Å². The van der Waals surface area contributed by atoms with Crippen molar-refractivity contribution in [3.05, 3.63) is 36.9 Å². The highest BCUT2D eigenvalue weighted by atomic mass is 14.9. The summed E-state index contributed by atoms with van der Waals surface area (Å²) in [5.41, 5.74) is 2.38. The van der Waals surface area contributed by atoms with Crippen molar-refractivity contribution < 1.29 is 0 Å². The molecule has 4 radical (unpaired) electrons. The standard InChI is InChI=1S/C8H9N/c1-6-5-9(4)8(3)7(6)2/h1-2,5H,3-4H3. The Labute approximate surface area is 56.3 Å². The van der Waals surface area contributed by atoms with E-state index in [1.807, 2.05) is 24.7 Å². The molecule has 1 aromatic rings. The van der Waals surface area contributed by atoms with Gasteiger partial charge in [-0.25, -0.2) is 0 Å². The van der Waals surface area contributed by atoms with Crippen LogP contribution in [0.3, 0.4) is 0 Å². The summed E-state index contributed by atoms with van der Waals surface area (Å²) in [4.78, 5) is 0. The van der Waals surface area contributed by atoms with Gasteiger partial charge in [0.15, 0.2) is 0 Å². The van der Waals surface area contributed by atoms with Crippen LogP contribution in [-0.2, 0) is 7.05 Å². The summed E-state index contributed by atoms with van der Waals surface area (Å²) in [6, 6.07) is 0. The molecular weight excluding hydrogens is 110 g/mol. The number of rotatable bonds is 0. The first-order valence-electron chi connectivity index (χ1n) is 2.80. The van der Waals surface area contributed by atoms with Crippen LogP contribution in [0.2, 0.25) is 0 Å². The predicted octanol–water partition coefficient (Wildman–Crippen LogP) is 1.45. The Morgan fingerprint density at radius 3 is 2.11 bits per heavy atom. The van der Waals surface area contributed by atoms with Crippen LogP contribution in [0, 0.1) is 20.8 Å². The van der Waals surface area contributed by atoms with Gasteiger partial charge in [-0.3, -0.25) is 0 Å². The van der Waals surface area contributed by atoms with Gasteiger partial charge < -0.3 is 4.57 Å². The Balaban J connectivity index is 3.29. The minimum Gasteiger partial charge on any atom is -0.354 e. The molecule has 0 saturated carbocycles. The quantitative estimate of drug-likeness (QED) is 0.487. The Kier molecular flexibility index (Phi) is 1.35. The van der Waals surface area contributed by atoms with E-state index in [4.69, 9.17) is 13.8 Å². The lowest BCUT2D eigenvalue weighted by Gasteiger charge is -1.93. The van der Waals surface area contributed by atoms with Gasteiger partial charge in [-0.1, -0.05) is 0 Å². The summed E-state index contributed by atoms with van der Waals surface area (Å²) in [6.45, 7) is 13.0. The van der Waals surface area contributed by atoms with Crippen molar-refractivity contribution >= 4 is 0 Å². The van der Waals surface area contributed by atoms with Crippen molar-refractivity contribution in [1.82, 2.24) is 4.57 Å². The number of aryl methyl sites for hydroxylation is 1. The molecule has 1 rings (SSSR count). The Hall–Kier alpha value is -0.720. The average molecular weight is 119 g/mol. The molecular formula is C8H9N. The first-order chi connectivity index (χ1) is 4.13. The molecule has 0 fully saturated rings. The Morgan fingerprint density at radius 1 is 1.44 bits per heavy atom. The third-order valence-corrected chi connectivity index (χ3v) is 1.56. The summed E-state index contributed by atoms with van der Waals surface area (Å²) in [7, 11) is 1.92. The summed E-state index contributed by atoms with van der Waals surface area (Å²) in [5.74, 6) is 0. The normalized spacial score (nSPS) is 10.2. The summed E-state index contributed by atoms with van der Waals surface area (Å²) < 4.78 is 1.91. The second kappa shape index (κ2) is 1.90. The van der Waals surface area contributed by atoms with Gasteiger partial charge in [0.25, 0.3) is 0 Å². The van der Waals surface area contributed by atoms with Crippen molar-refractivity contribution in [3.8, 4) is 0 Å². The van der Waals surface area contributed by atoms with E-state index in [9.17, 15) is 0 Å². The maximum atomic E-state index is 5.56.